The van der Waals surface area contributed by atoms with Crippen molar-refractivity contribution in [2.75, 3.05) is 12.8 Å². The van der Waals surface area contributed by atoms with E-state index in [1.807, 2.05) is 42.7 Å². The summed E-state index contributed by atoms with van der Waals surface area (Å²) >= 11 is 0. The second-order valence-electron chi connectivity index (χ2n) is 4.08. The lowest BCUT2D eigenvalue weighted by Gasteiger charge is -2.15. The van der Waals surface area contributed by atoms with Gasteiger partial charge in [0.1, 0.15) is 5.82 Å². The van der Waals surface area contributed by atoms with E-state index in [1.54, 1.807) is 0 Å². The van der Waals surface area contributed by atoms with Crippen LogP contribution in [0.1, 0.15) is 11.3 Å². The number of hydrogen-bond acceptors (Lipinski definition) is 4. The molecule has 0 saturated heterocycles. The van der Waals surface area contributed by atoms with Gasteiger partial charge >= 0.3 is 0 Å². The molecule has 2 heterocycles. The van der Waals surface area contributed by atoms with Crippen LogP contribution in [0.2, 0.25) is 0 Å². The smallest absolute Gasteiger partial charge is 0.123 e. The molecule has 0 saturated carbocycles. The maximum Gasteiger partial charge on any atom is 0.123 e. The summed E-state index contributed by atoms with van der Waals surface area (Å²) < 4.78 is 0. The lowest BCUT2D eigenvalue weighted by molar-refractivity contribution is 0.315. The lowest BCUT2D eigenvalue weighted by Crippen LogP contribution is -2.18. The van der Waals surface area contributed by atoms with Gasteiger partial charge in [0.05, 0.1) is 5.69 Å². The number of rotatable bonds is 4. The Bertz CT molecular complexity index is 453. The zero-order valence-corrected chi connectivity index (χ0v) is 9.87. The zero-order valence-electron chi connectivity index (χ0n) is 9.87. The van der Waals surface area contributed by atoms with Gasteiger partial charge in [0.15, 0.2) is 0 Å². The Morgan fingerprint density at radius 3 is 2.65 bits per heavy atom. The van der Waals surface area contributed by atoms with E-state index in [0.717, 1.165) is 24.3 Å². The van der Waals surface area contributed by atoms with E-state index >= 15 is 0 Å². The molecule has 88 valence electrons. The van der Waals surface area contributed by atoms with Crippen molar-refractivity contribution in [1.82, 2.24) is 14.9 Å². The standard InChI is InChI=1S/C13H16N4/c1-17(10-12-4-2-3-7-15-12)9-11-5-6-13(14)16-8-11/h2-8H,9-10H2,1H3,(H2,14,16). The fourth-order valence-electron chi connectivity index (χ4n) is 1.67. The monoisotopic (exact) mass is 228 g/mol. The third-order valence-electron chi connectivity index (χ3n) is 2.46. The highest BCUT2D eigenvalue weighted by atomic mass is 15.1. The molecule has 0 aliphatic rings. The van der Waals surface area contributed by atoms with Gasteiger partial charge in [-0.1, -0.05) is 12.1 Å². The Hall–Kier alpha value is -1.94. The van der Waals surface area contributed by atoms with Crippen LogP contribution in [0.4, 0.5) is 5.82 Å². The molecule has 0 unspecified atom stereocenters. The highest BCUT2D eigenvalue weighted by molar-refractivity contribution is 5.29. The van der Waals surface area contributed by atoms with E-state index in [-0.39, 0.29) is 0 Å². The Morgan fingerprint density at radius 2 is 2.00 bits per heavy atom. The molecular weight excluding hydrogens is 212 g/mol. The van der Waals surface area contributed by atoms with E-state index in [2.05, 4.69) is 21.9 Å². The fourth-order valence-corrected chi connectivity index (χ4v) is 1.67. The lowest BCUT2D eigenvalue weighted by atomic mass is 10.2. The highest BCUT2D eigenvalue weighted by Gasteiger charge is 2.02. The maximum atomic E-state index is 5.55. The van der Waals surface area contributed by atoms with Crippen LogP contribution in [-0.4, -0.2) is 21.9 Å². The van der Waals surface area contributed by atoms with Crippen molar-refractivity contribution in [2.45, 2.75) is 13.1 Å². The number of nitrogens with two attached hydrogens (primary N) is 1. The Labute approximate surface area is 101 Å². The normalized spacial score (nSPS) is 10.7. The molecule has 4 heteroatoms. The molecule has 4 nitrogen and oxygen atoms in total. The van der Waals surface area contributed by atoms with Crippen LogP contribution < -0.4 is 5.73 Å². The van der Waals surface area contributed by atoms with Gasteiger partial charge < -0.3 is 5.73 Å². The Morgan fingerprint density at radius 1 is 1.12 bits per heavy atom. The molecule has 17 heavy (non-hydrogen) atoms. The molecule has 0 amide bonds. The van der Waals surface area contributed by atoms with Crippen LogP contribution in [0.25, 0.3) is 0 Å². The van der Waals surface area contributed by atoms with Crippen LogP contribution in [0.5, 0.6) is 0 Å². The van der Waals surface area contributed by atoms with Crippen molar-refractivity contribution in [3.63, 3.8) is 0 Å². The van der Waals surface area contributed by atoms with Crippen LogP contribution in [0, 0.1) is 0 Å². The van der Waals surface area contributed by atoms with Crippen LogP contribution in [-0.2, 0) is 13.1 Å². The molecular formula is C13H16N4. The van der Waals surface area contributed by atoms with E-state index in [1.165, 1.54) is 0 Å². The van der Waals surface area contributed by atoms with Gasteiger partial charge in [-0.05, 0) is 30.8 Å². The van der Waals surface area contributed by atoms with E-state index in [9.17, 15) is 0 Å². The number of anilines is 1. The number of aromatic nitrogens is 2. The molecule has 0 spiro atoms. The predicted molar refractivity (Wildman–Crippen MR) is 68.1 cm³/mol. The second kappa shape index (κ2) is 5.41. The second-order valence-corrected chi connectivity index (χ2v) is 4.08. The molecule has 2 N–H and O–H groups in total. The number of pyridine rings is 2. The molecule has 0 bridgehead atoms. The summed E-state index contributed by atoms with van der Waals surface area (Å²) in [5, 5.41) is 0. The summed E-state index contributed by atoms with van der Waals surface area (Å²) in [5.74, 6) is 0.557. The first-order valence-electron chi connectivity index (χ1n) is 5.53. The Kier molecular flexibility index (Phi) is 3.67. The quantitative estimate of drug-likeness (QED) is 0.865. The van der Waals surface area contributed by atoms with Gasteiger partial charge in [0.25, 0.3) is 0 Å². The molecule has 2 rings (SSSR count). The summed E-state index contributed by atoms with van der Waals surface area (Å²) in [7, 11) is 2.06. The summed E-state index contributed by atoms with van der Waals surface area (Å²) in [4.78, 5) is 10.6. The van der Waals surface area contributed by atoms with E-state index in [0.29, 0.717) is 5.82 Å². The van der Waals surface area contributed by atoms with Crippen molar-refractivity contribution in [1.29, 1.82) is 0 Å². The van der Waals surface area contributed by atoms with Gasteiger partial charge in [-0.25, -0.2) is 4.98 Å². The average molecular weight is 228 g/mol. The molecule has 0 fully saturated rings. The zero-order chi connectivity index (χ0) is 12.1. The summed E-state index contributed by atoms with van der Waals surface area (Å²) in [6.45, 7) is 1.66. The van der Waals surface area contributed by atoms with Gasteiger partial charge in [-0.15, -0.1) is 0 Å². The topological polar surface area (TPSA) is 55.0 Å². The molecule has 0 aliphatic carbocycles. The molecule has 0 radical (unpaired) electrons. The fraction of sp³-hybridized carbons (Fsp3) is 0.231. The molecule has 2 aromatic heterocycles. The molecule has 0 atom stereocenters. The summed E-state index contributed by atoms with van der Waals surface area (Å²) in [5.41, 5.74) is 7.76. The van der Waals surface area contributed by atoms with Crippen molar-refractivity contribution in [3.05, 3.63) is 54.0 Å². The maximum absolute atomic E-state index is 5.55. The third kappa shape index (κ3) is 3.53. The third-order valence-corrected chi connectivity index (χ3v) is 2.46. The van der Waals surface area contributed by atoms with Crippen molar-refractivity contribution < 1.29 is 0 Å². The van der Waals surface area contributed by atoms with Gasteiger partial charge in [-0.3, -0.25) is 9.88 Å². The van der Waals surface area contributed by atoms with Gasteiger partial charge in [-0.2, -0.15) is 0 Å². The number of nitrogens with zero attached hydrogens (tertiary/aromatic N) is 3. The van der Waals surface area contributed by atoms with Crippen LogP contribution in [0.3, 0.4) is 0 Å². The summed E-state index contributed by atoms with van der Waals surface area (Å²) in [6.07, 6.45) is 3.62. The average Bonchev–Trinajstić information content (AvgIpc) is 2.33. The van der Waals surface area contributed by atoms with Crippen molar-refractivity contribution in [3.8, 4) is 0 Å². The van der Waals surface area contributed by atoms with Crippen LogP contribution in [0.15, 0.2) is 42.7 Å². The minimum atomic E-state index is 0.557. The SMILES string of the molecule is CN(Cc1ccc(N)nc1)Cc1ccccn1. The molecule has 0 aromatic carbocycles. The van der Waals surface area contributed by atoms with Crippen LogP contribution >= 0.6 is 0 Å². The largest absolute Gasteiger partial charge is 0.384 e. The minimum absolute atomic E-state index is 0.557. The minimum Gasteiger partial charge on any atom is -0.384 e. The highest BCUT2D eigenvalue weighted by Crippen LogP contribution is 2.06. The first kappa shape index (κ1) is 11.5. The molecule has 0 aliphatic heterocycles. The number of nitrogen functional groups attached to an aromatic ring is 1. The summed E-state index contributed by atoms with van der Waals surface area (Å²) in [6, 6.07) is 9.77. The van der Waals surface area contributed by atoms with Crippen molar-refractivity contribution in [2.24, 2.45) is 0 Å². The van der Waals surface area contributed by atoms with Gasteiger partial charge in [0.2, 0.25) is 0 Å². The molecule has 2 aromatic rings. The van der Waals surface area contributed by atoms with E-state index in [4.69, 9.17) is 5.73 Å². The predicted octanol–water partition coefficient (Wildman–Crippen LogP) is 1.69. The Balaban J connectivity index is 1.93. The first-order valence-corrected chi connectivity index (χ1v) is 5.53. The van der Waals surface area contributed by atoms with Gasteiger partial charge in [0, 0.05) is 25.5 Å². The first-order chi connectivity index (χ1) is 8.24. The van der Waals surface area contributed by atoms with Crippen molar-refractivity contribution >= 4 is 5.82 Å². The van der Waals surface area contributed by atoms with E-state index < -0.39 is 0 Å². The number of hydrogen-bond donors (Lipinski definition) is 1.